The van der Waals surface area contributed by atoms with Crippen LogP contribution in [0.4, 0.5) is 0 Å². The number of fused-ring (bicyclic) bond motifs is 1. The Bertz CT molecular complexity index is 533. The SMILES string of the molecule is CC(=O)N1CC2CN(Cc3cscn3)CC2(C(=O)O)C1. The van der Waals surface area contributed by atoms with E-state index in [1.165, 1.54) is 6.92 Å². The molecule has 0 bridgehead atoms. The van der Waals surface area contributed by atoms with Crippen LogP contribution in [0.5, 0.6) is 0 Å². The first-order valence-electron chi connectivity index (χ1n) is 6.59. The van der Waals surface area contributed by atoms with Crippen molar-refractivity contribution < 1.29 is 14.7 Å². The number of carbonyl (C=O) groups excluding carboxylic acids is 1. The van der Waals surface area contributed by atoms with Crippen LogP contribution in [0.1, 0.15) is 12.6 Å². The van der Waals surface area contributed by atoms with Crippen molar-refractivity contribution in [1.82, 2.24) is 14.8 Å². The van der Waals surface area contributed by atoms with E-state index in [1.807, 2.05) is 5.38 Å². The third kappa shape index (κ3) is 2.10. The van der Waals surface area contributed by atoms with Gasteiger partial charge in [0.2, 0.25) is 5.91 Å². The van der Waals surface area contributed by atoms with E-state index in [4.69, 9.17) is 0 Å². The van der Waals surface area contributed by atoms with Crippen molar-refractivity contribution in [2.75, 3.05) is 26.2 Å². The van der Waals surface area contributed by atoms with Gasteiger partial charge in [-0.1, -0.05) is 0 Å². The second kappa shape index (κ2) is 4.82. The Balaban J connectivity index is 1.76. The lowest BCUT2D eigenvalue weighted by Crippen LogP contribution is -2.41. The lowest BCUT2D eigenvalue weighted by atomic mass is 9.81. The highest BCUT2D eigenvalue weighted by Crippen LogP contribution is 2.43. The monoisotopic (exact) mass is 295 g/mol. The molecule has 0 aromatic carbocycles. The Hall–Kier alpha value is -1.47. The molecule has 2 aliphatic heterocycles. The number of hydrogen-bond donors (Lipinski definition) is 1. The number of carboxylic acids is 1. The van der Waals surface area contributed by atoms with Crippen molar-refractivity contribution in [3.63, 3.8) is 0 Å². The van der Waals surface area contributed by atoms with Gasteiger partial charge in [-0.25, -0.2) is 4.98 Å². The number of carbonyl (C=O) groups is 2. The van der Waals surface area contributed by atoms with E-state index in [1.54, 1.807) is 21.7 Å². The second-order valence-corrected chi connectivity index (χ2v) is 6.43. The average Bonchev–Trinajstić information content (AvgIpc) is 3.02. The number of carboxylic acid groups (broad SMARTS) is 1. The molecule has 0 saturated carbocycles. The molecule has 6 nitrogen and oxygen atoms in total. The Morgan fingerprint density at radius 1 is 1.50 bits per heavy atom. The summed E-state index contributed by atoms with van der Waals surface area (Å²) in [5, 5.41) is 11.6. The van der Waals surface area contributed by atoms with Crippen molar-refractivity contribution >= 4 is 23.2 Å². The quantitative estimate of drug-likeness (QED) is 0.879. The smallest absolute Gasteiger partial charge is 0.313 e. The number of aromatic nitrogens is 1. The normalized spacial score (nSPS) is 29.6. The van der Waals surface area contributed by atoms with Crippen molar-refractivity contribution in [2.24, 2.45) is 11.3 Å². The molecule has 1 aromatic rings. The highest BCUT2D eigenvalue weighted by atomic mass is 32.1. The fraction of sp³-hybridized carbons (Fsp3) is 0.615. The minimum atomic E-state index is -0.804. The molecule has 7 heteroatoms. The number of amides is 1. The van der Waals surface area contributed by atoms with Crippen molar-refractivity contribution in [3.8, 4) is 0 Å². The van der Waals surface area contributed by atoms with Crippen molar-refractivity contribution in [3.05, 3.63) is 16.6 Å². The number of thiazole rings is 1. The highest BCUT2D eigenvalue weighted by molar-refractivity contribution is 7.07. The number of likely N-dealkylation sites (tertiary alicyclic amines) is 2. The van der Waals surface area contributed by atoms with Gasteiger partial charge in [0.1, 0.15) is 5.41 Å². The van der Waals surface area contributed by atoms with Gasteiger partial charge < -0.3 is 10.0 Å². The highest BCUT2D eigenvalue weighted by Gasteiger charge is 2.58. The summed E-state index contributed by atoms with van der Waals surface area (Å²) in [5.41, 5.74) is 1.97. The summed E-state index contributed by atoms with van der Waals surface area (Å²) in [6.07, 6.45) is 0. The third-order valence-corrected chi connectivity index (χ3v) is 5.06. The standard InChI is InChI=1S/C13H17N3O3S/c1-9(17)16-3-10-2-15(4-11-5-20-8-14-11)6-13(10,7-16)12(18)19/h5,8,10H,2-4,6-7H2,1H3,(H,18,19). The minimum absolute atomic E-state index is 0.0162. The number of hydrogen-bond acceptors (Lipinski definition) is 5. The summed E-state index contributed by atoms with van der Waals surface area (Å²) in [7, 11) is 0. The van der Waals surface area contributed by atoms with Crippen molar-refractivity contribution in [1.29, 1.82) is 0 Å². The summed E-state index contributed by atoms with van der Waals surface area (Å²) in [6, 6.07) is 0. The predicted molar refractivity (Wildman–Crippen MR) is 73.2 cm³/mol. The number of rotatable bonds is 3. The van der Waals surface area contributed by atoms with Gasteiger partial charge in [0, 0.05) is 50.9 Å². The van der Waals surface area contributed by atoms with Gasteiger partial charge in [-0.15, -0.1) is 11.3 Å². The molecule has 2 atom stereocenters. The first-order valence-corrected chi connectivity index (χ1v) is 7.54. The van der Waals surface area contributed by atoms with Gasteiger partial charge in [0.25, 0.3) is 0 Å². The maximum absolute atomic E-state index is 11.7. The van der Waals surface area contributed by atoms with Gasteiger partial charge in [0.15, 0.2) is 0 Å². The number of aliphatic carboxylic acids is 1. The van der Waals surface area contributed by atoms with Crippen LogP contribution in [0.2, 0.25) is 0 Å². The van der Waals surface area contributed by atoms with E-state index in [2.05, 4.69) is 9.88 Å². The first kappa shape index (κ1) is 13.5. The molecule has 3 rings (SSSR count). The molecule has 3 heterocycles. The molecular formula is C13H17N3O3S. The summed E-state index contributed by atoms with van der Waals surface area (Å²) in [4.78, 5) is 31.3. The van der Waals surface area contributed by atoms with Crippen LogP contribution >= 0.6 is 11.3 Å². The molecular weight excluding hydrogens is 278 g/mol. The zero-order valence-electron chi connectivity index (χ0n) is 11.3. The Kier molecular flexibility index (Phi) is 3.25. The topological polar surface area (TPSA) is 73.7 Å². The molecule has 108 valence electrons. The minimum Gasteiger partial charge on any atom is -0.481 e. The van der Waals surface area contributed by atoms with E-state index in [-0.39, 0.29) is 11.8 Å². The lowest BCUT2D eigenvalue weighted by molar-refractivity contribution is -0.149. The van der Waals surface area contributed by atoms with E-state index in [0.29, 0.717) is 32.7 Å². The van der Waals surface area contributed by atoms with Gasteiger partial charge in [-0.05, 0) is 0 Å². The van der Waals surface area contributed by atoms with Crippen LogP contribution in [-0.2, 0) is 16.1 Å². The van der Waals surface area contributed by atoms with E-state index >= 15 is 0 Å². The summed E-state index contributed by atoms with van der Waals surface area (Å²) < 4.78 is 0. The fourth-order valence-corrected chi connectivity index (χ4v) is 3.93. The van der Waals surface area contributed by atoms with Crippen LogP contribution in [0.25, 0.3) is 0 Å². The van der Waals surface area contributed by atoms with E-state index in [0.717, 1.165) is 5.69 Å². The lowest BCUT2D eigenvalue weighted by Gasteiger charge is -2.24. The van der Waals surface area contributed by atoms with Crippen LogP contribution in [-0.4, -0.2) is 57.9 Å². The van der Waals surface area contributed by atoms with Gasteiger partial charge in [0.05, 0.1) is 11.2 Å². The maximum atomic E-state index is 11.7. The molecule has 2 saturated heterocycles. The predicted octanol–water partition coefficient (Wildman–Crippen LogP) is 0.508. The van der Waals surface area contributed by atoms with Crippen molar-refractivity contribution in [2.45, 2.75) is 13.5 Å². The Morgan fingerprint density at radius 2 is 2.30 bits per heavy atom. The summed E-state index contributed by atoms with van der Waals surface area (Å²) >= 11 is 1.55. The van der Waals surface area contributed by atoms with Gasteiger partial charge >= 0.3 is 5.97 Å². The molecule has 1 aromatic heterocycles. The molecule has 20 heavy (non-hydrogen) atoms. The fourth-order valence-electron chi connectivity index (χ4n) is 3.38. The zero-order valence-corrected chi connectivity index (χ0v) is 12.1. The second-order valence-electron chi connectivity index (χ2n) is 5.71. The largest absolute Gasteiger partial charge is 0.481 e. The van der Waals surface area contributed by atoms with Crippen LogP contribution in [0.15, 0.2) is 10.9 Å². The third-order valence-electron chi connectivity index (χ3n) is 4.42. The molecule has 0 spiro atoms. The first-order chi connectivity index (χ1) is 9.51. The van der Waals surface area contributed by atoms with E-state index < -0.39 is 11.4 Å². The van der Waals surface area contributed by atoms with Crippen LogP contribution < -0.4 is 0 Å². The van der Waals surface area contributed by atoms with E-state index in [9.17, 15) is 14.7 Å². The molecule has 2 unspecified atom stereocenters. The Morgan fingerprint density at radius 3 is 2.85 bits per heavy atom. The molecule has 0 radical (unpaired) electrons. The maximum Gasteiger partial charge on any atom is 0.313 e. The summed E-state index contributed by atoms with van der Waals surface area (Å²) in [6.45, 7) is 4.28. The summed E-state index contributed by atoms with van der Waals surface area (Å²) in [5.74, 6) is -0.805. The average molecular weight is 295 g/mol. The van der Waals surface area contributed by atoms with Crippen LogP contribution in [0, 0.1) is 11.3 Å². The molecule has 2 fully saturated rings. The number of nitrogens with zero attached hydrogens (tertiary/aromatic N) is 3. The molecule has 2 aliphatic rings. The zero-order chi connectivity index (χ0) is 14.3. The molecule has 1 N–H and O–H groups in total. The molecule has 0 aliphatic carbocycles. The molecule has 1 amide bonds. The Labute approximate surface area is 121 Å². The van der Waals surface area contributed by atoms with Gasteiger partial charge in [-0.2, -0.15) is 0 Å². The van der Waals surface area contributed by atoms with Gasteiger partial charge in [-0.3, -0.25) is 14.5 Å². The van der Waals surface area contributed by atoms with Crippen LogP contribution in [0.3, 0.4) is 0 Å².